The van der Waals surface area contributed by atoms with Crippen molar-refractivity contribution in [1.82, 2.24) is 0 Å². The van der Waals surface area contributed by atoms with Crippen molar-refractivity contribution in [1.29, 1.82) is 0 Å². The van der Waals surface area contributed by atoms with Gasteiger partial charge in [0, 0.05) is 5.41 Å². The number of phenols is 1. The summed E-state index contributed by atoms with van der Waals surface area (Å²) in [6.07, 6.45) is 0. The van der Waals surface area contributed by atoms with Gasteiger partial charge in [-0.15, -0.1) is 0 Å². The normalized spacial score (nSPS) is 12.0. The minimum atomic E-state index is -0.522. The third-order valence-electron chi connectivity index (χ3n) is 4.51. The maximum atomic E-state index is 12.3. The Morgan fingerprint density at radius 1 is 1.04 bits per heavy atom. The average Bonchev–Trinajstić information content (AvgIpc) is 2.62. The van der Waals surface area contributed by atoms with Crippen LogP contribution in [0, 0.1) is 6.92 Å². The Balaban J connectivity index is 2.43. The smallest absolute Gasteiger partial charge is 0.344 e. The lowest BCUT2D eigenvalue weighted by Crippen LogP contribution is -2.21. The van der Waals surface area contributed by atoms with Crippen molar-refractivity contribution < 1.29 is 24.0 Å². The van der Waals surface area contributed by atoms with Crippen molar-refractivity contribution in [3.05, 3.63) is 58.7 Å². The molecular formula is C20H24O5P2. The van der Waals surface area contributed by atoms with Gasteiger partial charge in [-0.05, 0) is 63.7 Å². The van der Waals surface area contributed by atoms with Crippen LogP contribution in [0.3, 0.4) is 0 Å². The maximum absolute atomic E-state index is 12.3. The fourth-order valence-corrected chi connectivity index (χ4v) is 3.54. The molecule has 2 aromatic rings. The van der Waals surface area contributed by atoms with Gasteiger partial charge in [0.05, 0.1) is 8.81 Å². The summed E-state index contributed by atoms with van der Waals surface area (Å²) in [6, 6.07) is 10.7. The molecule has 0 heterocycles. The van der Waals surface area contributed by atoms with E-state index in [4.69, 9.17) is 9.26 Å². The third kappa shape index (κ3) is 4.66. The highest BCUT2D eigenvalue weighted by Crippen LogP contribution is 2.38. The van der Waals surface area contributed by atoms with E-state index >= 15 is 0 Å². The number of carbonyl (C=O) groups excluding carboxylic acids is 2. The molecule has 0 saturated carbocycles. The molecule has 0 aliphatic heterocycles. The van der Waals surface area contributed by atoms with Crippen LogP contribution in [0.15, 0.2) is 36.4 Å². The van der Waals surface area contributed by atoms with E-state index < -0.39 is 11.4 Å². The Labute approximate surface area is 163 Å². The van der Waals surface area contributed by atoms with E-state index in [2.05, 4.69) is 0 Å². The molecule has 0 aliphatic rings. The topological polar surface area (TPSA) is 72.8 Å². The maximum Gasteiger partial charge on any atom is 0.344 e. The Bertz CT molecular complexity index is 844. The Morgan fingerprint density at radius 3 is 2.22 bits per heavy atom. The van der Waals surface area contributed by atoms with Crippen LogP contribution in [0.4, 0.5) is 4.79 Å². The lowest BCUT2D eigenvalue weighted by atomic mass is 9.75. The molecule has 27 heavy (non-hydrogen) atoms. The zero-order valence-electron chi connectivity index (χ0n) is 16.0. The zero-order chi connectivity index (χ0) is 20.2. The minimum absolute atomic E-state index is 0.00711. The zero-order valence-corrected chi connectivity index (χ0v) is 18.0. The fourth-order valence-electron chi connectivity index (χ4n) is 3.03. The van der Waals surface area contributed by atoms with Gasteiger partial charge in [0.25, 0.3) is 0 Å². The molecule has 0 amide bonds. The van der Waals surface area contributed by atoms with Gasteiger partial charge in [0.2, 0.25) is 0 Å². The molecule has 0 aromatic heterocycles. The summed E-state index contributed by atoms with van der Waals surface area (Å²) in [7, 11) is 0.0927. The van der Waals surface area contributed by atoms with Crippen LogP contribution in [0.25, 0.3) is 0 Å². The van der Waals surface area contributed by atoms with E-state index in [-0.39, 0.29) is 34.4 Å². The molecule has 0 aliphatic carbocycles. The Hall–Kier alpha value is -1.96. The van der Waals surface area contributed by atoms with E-state index in [1.54, 1.807) is 25.5 Å². The molecule has 2 unspecified atom stereocenters. The van der Waals surface area contributed by atoms with Gasteiger partial charge in [0.1, 0.15) is 17.1 Å². The van der Waals surface area contributed by atoms with E-state index in [1.807, 2.05) is 39.0 Å². The molecule has 2 atom stereocenters. The second-order valence-corrected chi connectivity index (χ2v) is 8.04. The van der Waals surface area contributed by atoms with Gasteiger partial charge >= 0.3 is 11.7 Å². The van der Waals surface area contributed by atoms with Crippen molar-refractivity contribution >= 4 is 29.1 Å². The molecular weight excluding hydrogens is 382 g/mol. The van der Waals surface area contributed by atoms with Crippen LogP contribution in [0.1, 0.15) is 40.9 Å². The van der Waals surface area contributed by atoms with Crippen LogP contribution >= 0.6 is 17.4 Å². The summed E-state index contributed by atoms with van der Waals surface area (Å²) in [5, 5.41) is 10.1. The number of phenolic OH excluding ortho intramolecular Hbond substituents is 1. The first-order valence-corrected chi connectivity index (χ1v) is 11.3. The first-order chi connectivity index (χ1) is 12.7. The lowest BCUT2D eigenvalue weighted by molar-refractivity contribution is 0.0757. The summed E-state index contributed by atoms with van der Waals surface area (Å²) in [6.45, 7) is 9.42. The number of rotatable bonds is 6. The van der Waals surface area contributed by atoms with Crippen molar-refractivity contribution in [2.75, 3.05) is 13.3 Å². The summed E-state index contributed by atoms with van der Waals surface area (Å²) < 4.78 is 10.3. The second-order valence-electron chi connectivity index (χ2n) is 6.51. The Kier molecular flexibility index (Phi) is 6.97. The van der Waals surface area contributed by atoms with Gasteiger partial charge < -0.3 is 14.4 Å². The predicted molar refractivity (Wildman–Crippen MR) is 111 cm³/mol. The van der Waals surface area contributed by atoms with Crippen molar-refractivity contribution in [2.24, 2.45) is 0 Å². The first kappa shape index (κ1) is 21.3. The second kappa shape index (κ2) is 8.82. The quantitative estimate of drug-likeness (QED) is 0.667. The van der Waals surface area contributed by atoms with E-state index in [0.717, 1.165) is 11.1 Å². The average molecular weight is 406 g/mol. The van der Waals surface area contributed by atoms with Crippen LogP contribution in [-0.4, -0.2) is 30.1 Å². The molecule has 0 fully saturated rings. The van der Waals surface area contributed by atoms with Crippen LogP contribution in [0.5, 0.6) is 11.5 Å². The summed E-state index contributed by atoms with van der Waals surface area (Å²) in [4.78, 5) is 23.7. The molecule has 7 heteroatoms. The van der Waals surface area contributed by atoms with E-state index in [1.165, 1.54) is 6.07 Å². The van der Waals surface area contributed by atoms with Crippen LogP contribution in [0.2, 0.25) is 0 Å². The lowest BCUT2D eigenvalue weighted by Gasteiger charge is -2.29. The van der Waals surface area contributed by atoms with Gasteiger partial charge in [-0.25, -0.2) is 9.59 Å². The van der Waals surface area contributed by atoms with Crippen molar-refractivity contribution in [2.45, 2.75) is 26.2 Å². The highest BCUT2D eigenvalue weighted by atomic mass is 31.1. The highest BCUT2D eigenvalue weighted by Gasteiger charge is 2.29. The molecule has 0 bridgehead atoms. The number of ether oxygens (including phenoxy) is 1. The summed E-state index contributed by atoms with van der Waals surface area (Å²) >= 11 is 0. The molecule has 2 rings (SSSR count). The van der Waals surface area contributed by atoms with Gasteiger partial charge in [-0.2, -0.15) is 0 Å². The van der Waals surface area contributed by atoms with E-state index in [0.29, 0.717) is 11.3 Å². The highest BCUT2D eigenvalue weighted by molar-refractivity contribution is 7.56. The first-order valence-electron chi connectivity index (χ1n) is 8.43. The molecule has 2 aromatic carbocycles. The third-order valence-corrected chi connectivity index (χ3v) is 5.41. The van der Waals surface area contributed by atoms with Gasteiger partial charge in [-0.3, -0.25) is 0 Å². The van der Waals surface area contributed by atoms with Crippen LogP contribution in [-0.2, 0) is 9.94 Å². The molecule has 1 N–H and O–H groups in total. The summed E-state index contributed by atoms with van der Waals surface area (Å²) in [5.74, 6) is -0.103. The monoisotopic (exact) mass is 406 g/mol. The van der Waals surface area contributed by atoms with Gasteiger partial charge in [0.15, 0.2) is 0 Å². The molecule has 5 nitrogen and oxygen atoms in total. The fraction of sp³-hybridized carbons (Fsp3) is 0.300. The predicted octanol–water partition coefficient (Wildman–Crippen LogP) is 5.21. The molecule has 0 saturated heterocycles. The van der Waals surface area contributed by atoms with Crippen LogP contribution < -0.4 is 4.74 Å². The van der Waals surface area contributed by atoms with E-state index in [9.17, 15) is 14.7 Å². The summed E-state index contributed by atoms with van der Waals surface area (Å²) in [5.41, 5.74) is 2.10. The van der Waals surface area contributed by atoms with Crippen molar-refractivity contribution in [3.8, 4) is 11.5 Å². The van der Waals surface area contributed by atoms with Gasteiger partial charge in [-0.1, -0.05) is 32.0 Å². The van der Waals surface area contributed by atoms with Crippen molar-refractivity contribution in [3.63, 3.8) is 0 Å². The minimum Gasteiger partial charge on any atom is -0.507 e. The standard InChI is InChI=1S/C20H24O5P2/c1-12-15(10-11-16(21)17(12)18(22)25-27-5)20(2,3)13-6-8-14(9-7-13)24-19(23)26-4/h6-11,21,26-27H,1-5H3. The largest absolute Gasteiger partial charge is 0.507 e. The molecule has 144 valence electrons. The SMILES string of the molecule is CPOC(=O)c1c(O)ccc(C(C)(C)c2ccc(OC(=O)PC)cc2)c1C. The Morgan fingerprint density at radius 2 is 1.67 bits per heavy atom. The number of hydrogen-bond acceptors (Lipinski definition) is 5. The number of aromatic hydroxyl groups is 1. The molecule has 0 radical (unpaired) electrons. The number of benzene rings is 2. The molecule has 0 spiro atoms. The number of carbonyl (C=O) groups is 2. The number of hydrogen-bond donors (Lipinski definition) is 1.